The molecule has 0 bridgehead atoms. The topological polar surface area (TPSA) is 86.0 Å². The second kappa shape index (κ2) is 8.73. The van der Waals surface area contributed by atoms with Crippen molar-refractivity contribution >= 4 is 17.7 Å². The first-order valence-electron chi connectivity index (χ1n) is 7.55. The molecule has 6 nitrogen and oxygen atoms in total. The molecule has 0 aliphatic carbocycles. The van der Waals surface area contributed by atoms with Crippen molar-refractivity contribution in [1.29, 1.82) is 0 Å². The van der Waals surface area contributed by atoms with Crippen molar-refractivity contribution in [1.82, 2.24) is 0 Å². The van der Waals surface area contributed by atoms with Gasteiger partial charge < -0.3 is 19.0 Å². The minimum absolute atomic E-state index is 0.0295. The molecule has 25 heavy (non-hydrogen) atoms. The van der Waals surface area contributed by atoms with Gasteiger partial charge in [0.05, 0.1) is 19.4 Å². The van der Waals surface area contributed by atoms with E-state index in [1.165, 1.54) is 20.3 Å². The number of carbonyl (C=O) groups excluding carboxylic acids is 1. The largest absolute Gasteiger partial charge is 0.502 e. The van der Waals surface area contributed by atoms with E-state index in [0.29, 0.717) is 0 Å². The standard InChI is InChI=1S/C18H20O6S/c1-22-10-12-8-15(19)17(21)18(24-12)14(9-16(20)23-2)11-4-6-13(25-3)7-5-11/h4-8,14,21H,9-10H2,1-3H3/t14-/m1/s1. The second-order valence-electron chi connectivity index (χ2n) is 5.33. The van der Waals surface area contributed by atoms with Gasteiger partial charge in [-0.25, -0.2) is 0 Å². The lowest BCUT2D eigenvalue weighted by Gasteiger charge is -2.17. The zero-order valence-electron chi connectivity index (χ0n) is 14.3. The number of hydrogen-bond donors (Lipinski definition) is 1. The van der Waals surface area contributed by atoms with Crippen LogP contribution in [0.15, 0.2) is 44.4 Å². The second-order valence-corrected chi connectivity index (χ2v) is 6.21. The molecule has 2 rings (SSSR count). The SMILES string of the molecule is COCc1cc(=O)c(O)c([C@H](CC(=O)OC)c2ccc(SC)cc2)o1. The van der Waals surface area contributed by atoms with E-state index in [0.717, 1.165) is 10.5 Å². The third kappa shape index (κ3) is 4.64. The highest BCUT2D eigenvalue weighted by Gasteiger charge is 2.26. The maximum absolute atomic E-state index is 12.0. The average molecular weight is 364 g/mol. The number of carbonyl (C=O) groups is 1. The Balaban J connectivity index is 2.54. The highest BCUT2D eigenvalue weighted by atomic mass is 32.2. The van der Waals surface area contributed by atoms with Crippen LogP contribution in [-0.2, 0) is 20.9 Å². The summed E-state index contributed by atoms with van der Waals surface area (Å²) in [6.07, 6.45) is 1.89. The van der Waals surface area contributed by atoms with Crippen molar-refractivity contribution in [2.45, 2.75) is 23.8 Å². The number of thioether (sulfide) groups is 1. The molecule has 7 heteroatoms. The van der Waals surface area contributed by atoms with Gasteiger partial charge in [-0.1, -0.05) is 12.1 Å². The molecule has 0 aliphatic rings. The third-order valence-corrected chi connectivity index (χ3v) is 4.46. The summed E-state index contributed by atoms with van der Waals surface area (Å²) in [5, 5.41) is 10.2. The van der Waals surface area contributed by atoms with Crippen LogP contribution < -0.4 is 5.43 Å². The number of ether oxygens (including phenoxy) is 2. The van der Waals surface area contributed by atoms with Gasteiger partial charge in [0.25, 0.3) is 0 Å². The predicted octanol–water partition coefficient (Wildman–Crippen LogP) is 2.91. The average Bonchev–Trinajstić information content (AvgIpc) is 2.63. The number of esters is 1. The molecule has 1 aromatic heterocycles. The van der Waals surface area contributed by atoms with E-state index in [1.807, 2.05) is 30.5 Å². The molecule has 1 aromatic carbocycles. The zero-order chi connectivity index (χ0) is 18.4. The van der Waals surface area contributed by atoms with Gasteiger partial charge in [0, 0.05) is 18.1 Å². The molecule has 1 atom stereocenters. The van der Waals surface area contributed by atoms with E-state index in [1.54, 1.807) is 11.8 Å². The lowest BCUT2D eigenvalue weighted by molar-refractivity contribution is -0.140. The van der Waals surface area contributed by atoms with E-state index < -0.39 is 23.1 Å². The first-order chi connectivity index (χ1) is 12.0. The Morgan fingerprint density at radius 2 is 1.96 bits per heavy atom. The van der Waals surface area contributed by atoms with Gasteiger partial charge in [0.2, 0.25) is 11.2 Å². The molecule has 1 heterocycles. The molecule has 0 aliphatic heterocycles. The van der Waals surface area contributed by atoms with Crippen LogP contribution in [0, 0.1) is 0 Å². The Morgan fingerprint density at radius 3 is 2.52 bits per heavy atom. The molecule has 0 unspecified atom stereocenters. The predicted molar refractivity (Wildman–Crippen MR) is 94.1 cm³/mol. The summed E-state index contributed by atoms with van der Waals surface area (Å²) < 4.78 is 15.4. The summed E-state index contributed by atoms with van der Waals surface area (Å²) in [6, 6.07) is 8.65. The summed E-state index contributed by atoms with van der Waals surface area (Å²) in [5.74, 6) is -1.33. The van der Waals surface area contributed by atoms with Crippen LogP contribution in [-0.4, -0.2) is 31.6 Å². The van der Waals surface area contributed by atoms with Gasteiger partial charge in [-0.2, -0.15) is 0 Å². The molecule has 0 amide bonds. The summed E-state index contributed by atoms with van der Waals surface area (Å²) in [4.78, 5) is 24.9. The summed E-state index contributed by atoms with van der Waals surface area (Å²) in [7, 11) is 2.76. The van der Waals surface area contributed by atoms with Gasteiger partial charge in [-0.15, -0.1) is 11.8 Å². The van der Waals surface area contributed by atoms with Crippen molar-refractivity contribution in [3.8, 4) is 5.75 Å². The van der Waals surface area contributed by atoms with Crippen LogP contribution in [0.5, 0.6) is 5.75 Å². The van der Waals surface area contributed by atoms with Gasteiger partial charge in [-0.05, 0) is 24.0 Å². The fourth-order valence-corrected chi connectivity index (χ4v) is 2.86. The Morgan fingerprint density at radius 1 is 1.28 bits per heavy atom. The number of hydrogen-bond acceptors (Lipinski definition) is 7. The van der Waals surface area contributed by atoms with Crippen molar-refractivity contribution in [2.75, 3.05) is 20.5 Å². The van der Waals surface area contributed by atoms with Gasteiger partial charge in [-0.3, -0.25) is 9.59 Å². The van der Waals surface area contributed by atoms with Crippen molar-refractivity contribution in [3.63, 3.8) is 0 Å². The molecule has 134 valence electrons. The Bertz CT molecular complexity index is 781. The summed E-state index contributed by atoms with van der Waals surface area (Å²) in [6.45, 7) is 0.0822. The number of methoxy groups -OCH3 is 2. The first-order valence-corrected chi connectivity index (χ1v) is 8.78. The van der Waals surface area contributed by atoms with E-state index in [2.05, 4.69) is 0 Å². The normalized spacial score (nSPS) is 12.0. The maximum Gasteiger partial charge on any atom is 0.306 e. The smallest absolute Gasteiger partial charge is 0.306 e. The Hall–Kier alpha value is -2.25. The van der Waals surface area contributed by atoms with Crippen LogP contribution in [0.1, 0.15) is 29.4 Å². The fourth-order valence-electron chi connectivity index (χ4n) is 2.45. The van der Waals surface area contributed by atoms with E-state index in [-0.39, 0.29) is 24.5 Å². The van der Waals surface area contributed by atoms with E-state index in [9.17, 15) is 14.7 Å². The number of aromatic hydroxyl groups is 1. The fraction of sp³-hybridized carbons (Fsp3) is 0.333. The van der Waals surface area contributed by atoms with Crippen LogP contribution in [0.3, 0.4) is 0 Å². The van der Waals surface area contributed by atoms with E-state index >= 15 is 0 Å². The summed E-state index contributed by atoms with van der Waals surface area (Å²) in [5.41, 5.74) is 0.153. The monoisotopic (exact) mass is 364 g/mol. The molecule has 0 radical (unpaired) electrons. The molecular weight excluding hydrogens is 344 g/mol. The minimum Gasteiger partial charge on any atom is -0.502 e. The molecule has 1 N–H and O–H groups in total. The zero-order valence-corrected chi connectivity index (χ0v) is 15.1. The highest BCUT2D eigenvalue weighted by molar-refractivity contribution is 7.98. The highest BCUT2D eigenvalue weighted by Crippen LogP contribution is 2.34. The Kier molecular flexibility index (Phi) is 6.66. The maximum atomic E-state index is 12.0. The first kappa shape index (κ1) is 19.1. The molecule has 0 saturated heterocycles. The molecule has 0 saturated carbocycles. The molecule has 0 spiro atoms. The lowest BCUT2D eigenvalue weighted by Crippen LogP contribution is -2.14. The lowest BCUT2D eigenvalue weighted by atomic mass is 9.92. The van der Waals surface area contributed by atoms with Crippen LogP contribution in [0.4, 0.5) is 0 Å². The van der Waals surface area contributed by atoms with E-state index in [4.69, 9.17) is 13.9 Å². The van der Waals surface area contributed by atoms with Crippen LogP contribution in [0.25, 0.3) is 0 Å². The molecule has 2 aromatic rings. The minimum atomic E-state index is -0.645. The molecular formula is C18H20O6S. The van der Waals surface area contributed by atoms with Gasteiger partial charge in [0.1, 0.15) is 12.4 Å². The van der Waals surface area contributed by atoms with Crippen molar-refractivity contribution in [2.24, 2.45) is 0 Å². The van der Waals surface area contributed by atoms with Crippen molar-refractivity contribution < 1.29 is 23.8 Å². The third-order valence-electron chi connectivity index (χ3n) is 3.72. The number of rotatable bonds is 7. The van der Waals surface area contributed by atoms with Crippen LogP contribution >= 0.6 is 11.8 Å². The summed E-state index contributed by atoms with van der Waals surface area (Å²) >= 11 is 1.59. The Labute approximate surface area is 149 Å². The number of benzene rings is 1. The van der Waals surface area contributed by atoms with Crippen molar-refractivity contribution in [3.05, 3.63) is 57.6 Å². The van der Waals surface area contributed by atoms with Gasteiger partial charge in [0.15, 0.2) is 5.76 Å². The quantitative estimate of drug-likeness (QED) is 0.597. The molecule has 0 fully saturated rings. The van der Waals surface area contributed by atoms with Crippen LogP contribution in [0.2, 0.25) is 0 Å². The van der Waals surface area contributed by atoms with Gasteiger partial charge >= 0.3 is 5.97 Å².